The molecule has 0 radical (unpaired) electrons. The molecule has 0 saturated heterocycles. The maximum absolute atomic E-state index is 13.1. The van der Waals surface area contributed by atoms with E-state index in [1.165, 1.54) is 12.1 Å². The van der Waals surface area contributed by atoms with Crippen LogP contribution in [0, 0.1) is 6.92 Å². The van der Waals surface area contributed by atoms with Crippen molar-refractivity contribution in [2.45, 2.75) is 39.2 Å². The van der Waals surface area contributed by atoms with Gasteiger partial charge in [0.1, 0.15) is 5.75 Å². The number of fused-ring (bicyclic) bond motifs is 2. The number of benzene rings is 3. The first-order valence-electron chi connectivity index (χ1n) is 12.4. The summed E-state index contributed by atoms with van der Waals surface area (Å²) in [6, 6.07) is 16.7. The average molecular weight is 573 g/mol. The van der Waals surface area contributed by atoms with Gasteiger partial charge < -0.3 is 19.1 Å². The summed E-state index contributed by atoms with van der Waals surface area (Å²) in [6.07, 6.45) is -5.30. The number of rotatable bonds is 9. The molecule has 208 valence electrons. The van der Waals surface area contributed by atoms with Crippen LogP contribution in [0.3, 0.4) is 0 Å². The normalized spacial score (nSPS) is 12.8. The Labute approximate surface area is 231 Å². The molecule has 0 aliphatic rings. The summed E-state index contributed by atoms with van der Waals surface area (Å²) in [7, 11) is 0. The molecular weight excluding hydrogens is 549 g/mol. The van der Waals surface area contributed by atoms with Crippen LogP contribution in [0.15, 0.2) is 65.2 Å². The van der Waals surface area contributed by atoms with Crippen molar-refractivity contribution >= 4 is 39.4 Å². The summed E-state index contributed by atoms with van der Waals surface area (Å²) < 4.78 is 56.1. The lowest BCUT2D eigenvalue weighted by Crippen LogP contribution is -2.26. The van der Waals surface area contributed by atoms with Gasteiger partial charge in [-0.05, 0) is 67.3 Å². The molecule has 1 N–H and O–H groups in total. The van der Waals surface area contributed by atoms with E-state index in [1.807, 2.05) is 35.8 Å². The first-order chi connectivity index (χ1) is 19.0. The van der Waals surface area contributed by atoms with Crippen LogP contribution in [0.1, 0.15) is 29.3 Å². The van der Waals surface area contributed by atoms with E-state index in [0.717, 1.165) is 22.4 Å². The van der Waals surface area contributed by atoms with Crippen molar-refractivity contribution in [3.05, 3.63) is 88.1 Å². The highest BCUT2D eigenvalue weighted by atomic mass is 35.5. The number of carboxylic acid groups (broad SMARTS) is 1. The predicted octanol–water partition coefficient (Wildman–Crippen LogP) is 7.26. The van der Waals surface area contributed by atoms with E-state index in [-0.39, 0.29) is 18.8 Å². The van der Waals surface area contributed by atoms with Crippen LogP contribution < -0.4 is 4.74 Å². The Morgan fingerprint density at radius 1 is 1.10 bits per heavy atom. The molecule has 2 heterocycles. The summed E-state index contributed by atoms with van der Waals surface area (Å²) in [5.41, 5.74) is 4.19. The summed E-state index contributed by atoms with van der Waals surface area (Å²) >= 11 is 6.10. The van der Waals surface area contributed by atoms with Crippen molar-refractivity contribution in [1.82, 2.24) is 9.72 Å². The van der Waals surface area contributed by atoms with Crippen molar-refractivity contribution in [1.29, 1.82) is 0 Å². The third-order valence-corrected chi connectivity index (χ3v) is 6.84. The fraction of sp³-hybridized carbons (Fsp3) is 0.241. The van der Waals surface area contributed by atoms with Gasteiger partial charge in [0.25, 0.3) is 0 Å². The van der Waals surface area contributed by atoms with Gasteiger partial charge in [0, 0.05) is 35.2 Å². The minimum absolute atomic E-state index is 0.175. The highest BCUT2D eigenvalue weighted by molar-refractivity contribution is 6.31. The van der Waals surface area contributed by atoms with Crippen molar-refractivity contribution in [3.8, 4) is 11.6 Å². The number of hydrogen-bond donors (Lipinski definition) is 1. The molecule has 2 aromatic heterocycles. The average Bonchev–Trinajstić information content (AvgIpc) is 3.40. The number of halogens is 4. The van der Waals surface area contributed by atoms with Crippen LogP contribution in [0.5, 0.6) is 5.75 Å². The summed E-state index contributed by atoms with van der Waals surface area (Å²) in [5, 5.41) is 15.4. The predicted molar refractivity (Wildman–Crippen MR) is 143 cm³/mol. The molecule has 3 aromatic carbocycles. The second kappa shape index (κ2) is 10.9. The molecule has 0 amide bonds. The van der Waals surface area contributed by atoms with Crippen molar-refractivity contribution in [2.24, 2.45) is 0 Å². The molecule has 0 bridgehead atoms. The van der Waals surface area contributed by atoms with Crippen LogP contribution in [0.2, 0.25) is 5.02 Å². The van der Waals surface area contributed by atoms with Gasteiger partial charge in [-0.15, -0.1) is 13.2 Å². The molecule has 40 heavy (non-hydrogen) atoms. The molecule has 0 saturated carbocycles. The van der Waals surface area contributed by atoms with Gasteiger partial charge >= 0.3 is 12.3 Å². The van der Waals surface area contributed by atoms with Crippen LogP contribution in [-0.4, -0.2) is 39.9 Å². The largest absolute Gasteiger partial charge is 0.573 e. The quantitative estimate of drug-likeness (QED) is 0.200. The number of carbonyl (C=O) groups is 1. The van der Waals surface area contributed by atoms with E-state index in [0.29, 0.717) is 39.1 Å². The first-order valence-corrected chi connectivity index (χ1v) is 12.8. The Bertz CT molecular complexity index is 1710. The van der Waals surface area contributed by atoms with E-state index in [2.05, 4.69) is 9.89 Å². The van der Waals surface area contributed by atoms with Gasteiger partial charge in [-0.1, -0.05) is 41.0 Å². The van der Waals surface area contributed by atoms with Crippen molar-refractivity contribution < 1.29 is 37.1 Å². The van der Waals surface area contributed by atoms with Gasteiger partial charge in [-0.25, -0.2) is 4.79 Å². The molecule has 0 aliphatic carbocycles. The van der Waals surface area contributed by atoms with E-state index in [9.17, 15) is 23.1 Å². The maximum Gasteiger partial charge on any atom is 0.573 e. The topological polar surface area (TPSA) is 86.7 Å². The van der Waals surface area contributed by atoms with Crippen LogP contribution in [0.4, 0.5) is 13.2 Å². The molecule has 1 unspecified atom stereocenters. The first kappa shape index (κ1) is 27.5. The zero-order chi connectivity index (χ0) is 28.6. The standard InChI is InChI=1S/C29H24ClF3N2O5/c1-3-38-26(28(36)37)13-18-6-4-5-17(11-18)12-22-16(2)35(27-21-9-7-19(30)14-25(21)40-34-27)24-10-8-20(15-23(22)24)39-29(31,32)33/h4-11,14-15,26H,3,12-13H2,1-2H3,(H,36,37). The number of aliphatic carboxylic acids is 1. The minimum Gasteiger partial charge on any atom is -0.479 e. The van der Waals surface area contributed by atoms with E-state index in [1.54, 1.807) is 31.2 Å². The second-order valence-electron chi connectivity index (χ2n) is 9.26. The van der Waals surface area contributed by atoms with Crippen molar-refractivity contribution in [2.75, 3.05) is 6.61 Å². The third kappa shape index (κ3) is 5.64. The third-order valence-electron chi connectivity index (χ3n) is 6.60. The summed E-state index contributed by atoms with van der Waals surface area (Å²) in [6.45, 7) is 3.85. The van der Waals surface area contributed by atoms with E-state index < -0.39 is 18.4 Å². The monoisotopic (exact) mass is 572 g/mol. The Morgan fingerprint density at radius 3 is 2.60 bits per heavy atom. The Hall–Kier alpha value is -4.02. The number of carboxylic acids is 1. The molecule has 0 fully saturated rings. The van der Waals surface area contributed by atoms with Crippen LogP contribution >= 0.6 is 11.6 Å². The van der Waals surface area contributed by atoms with E-state index in [4.69, 9.17) is 20.9 Å². The van der Waals surface area contributed by atoms with Gasteiger partial charge in [0.05, 0.1) is 10.9 Å². The molecule has 0 spiro atoms. The molecule has 7 nitrogen and oxygen atoms in total. The highest BCUT2D eigenvalue weighted by Gasteiger charge is 2.31. The number of aromatic nitrogens is 2. The molecule has 0 aliphatic heterocycles. The fourth-order valence-electron chi connectivity index (χ4n) is 4.92. The number of ether oxygens (including phenoxy) is 2. The lowest BCUT2D eigenvalue weighted by Gasteiger charge is -2.13. The van der Waals surface area contributed by atoms with E-state index >= 15 is 0 Å². The number of hydrogen-bond acceptors (Lipinski definition) is 5. The SMILES string of the molecule is CCOC(Cc1cccc(Cc2c(C)n(-c3noc4cc(Cl)ccc34)c3ccc(OC(F)(F)F)cc23)c1)C(=O)O. The van der Waals surface area contributed by atoms with Gasteiger partial charge in [-0.3, -0.25) is 4.57 Å². The zero-order valence-electron chi connectivity index (χ0n) is 21.5. The van der Waals surface area contributed by atoms with Gasteiger partial charge in [0.2, 0.25) is 0 Å². The molecule has 1 atom stereocenters. The van der Waals surface area contributed by atoms with Crippen LogP contribution in [-0.2, 0) is 22.4 Å². The second-order valence-corrected chi connectivity index (χ2v) is 9.69. The Morgan fingerprint density at radius 2 is 1.88 bits per heavy atom. The zero-order valence-corrected chi connectivity index (χ0v) is 22.2. The Kier molecular flexibility index (Phi) is 7.48. The lowest BCUT2D eigenvalue weighted by molar-refractivity contribution is -0.274. The number of alkyl halides is 3. The molecule has 11 heteroatoms. The van der Waals surface area contributed by atoms with Crippen molar-refractivity contribution in [3.63, 3.8) is 0 Å². The maximum atomic E-state index is 13.1. The molecule has 5 aromatic rings. The number of nitrogens with zero attached hydrogens (tertiary/aromatic N) is 2. The summed E-state index contributed by atoms with van der Waals surface area (Å²) in [4.78, 5) is 11.6. The Balaban J connectivity index is 1.62. The molecular formula is C29H24ClF3N2O5. The minimum atomic E-state index is -4.84. The summed E-state index contributed by atoms with van der Waals surface area (Å²) in [5.74, 6) is -0.922. The smallest absolute Gasteiger partial charge is 0.479 e. The lowest BCUT2D eigenvalue weighted by atomic mass is 9.98. The van der Waals surface area contributed by atoms with Gasteiger partial charge in [0.15, 0.2) is 17.5 Å². The highest BCUT2D eigenvalue weighted by Crippen LogP contribution is 2.37. The fourth-order valence-corrected chi connectivity index (χ4v) is 5.08. The molecule has 5 rings (SSSR count). The van der Waals surface area contributed by atoms with Gasteiger partial charge in [-0.2, -0.15) is 0 Å². The van der Waals surface area contributed by atoms with Crippen LogP contribution in [0.25, 0.3) is 27.7 Å².